The van der Waals surface area contributed by atoms with Gasteiger partial charge in [-0.2, -0.15) is 5.10 Å². The van der Waals surface area contributed by atoms with Gasteiger partial charge < -0.3 is 9.88 Å². The van der Waals surface area contributed by atoms with Gasteiger partial charge in [-0.15, -0.1) is 0 Å². The normalized spacial score (nSPS) is 12.8. The molecule has 0 bridgehead atoms. The molecule has 1 unspecified atom stereocenters. The van der Waals surface area contributed by atoms with Gasteiger partial charge >= 0.3 is 0 Å². The summed E-state index contributed by atoms with van der Waals surface area (Å²) in [6, 6.07) is 2.24. The fourth-order valence-corrected chi connectivity index (χ4v) is 2.41. The first-order valence-corrected chi connectivity index (χ1v) is 6.92. The third kappa shape index (κ3) is 2.71. The molecule has 2 heterocycles. The van der Waals surface area contributed by atoms with Crippen molar-refractivity contribution >= 4 is 0 Å². The topological polar surface area (TPSA) is 47.7 Å². The molecular formula is C14H23N5. The van der Waals surface area contributed by atoms with Crippen LogP contribution in [0.1, 0.15) is 43.5 Å². The second-order valence-corrected chi connectivity index (χ2v) is 4.74. The molecule has 0 saturated carbocycles. The minimum atomic E-state index is 0.0827. The summed E-state index contributed by atoms with van der Waals surface area (Å²) in [5, 5.41) is 7.88. The average Bonchev–Trinajstić information content (AvgIpc) is 3.00. The van der Waals surface area contributed by atoms with E-state index in [1.165, 1.54) is 0 Å². The molecule has 0 saturated heterocycles. The summed E-state index contributed by atoms with van der Waals surface area (Å²) >= 11 is 0. The fraction of sp³-hybridized carbons (Fsp3) is 0.571. The first-order chi connectivity index (χ1) is 9.21. The molecule has 0 fully saturated rings. The van der Waals surface area contributed by atoms with E-state index in [1.54, 1.807) is 0 Å². The molecule has 2 aromatic heterocycles. The van der Waals surface area contributed by atoms with Crippen LogP contribution in [0, 0.1) is 0 Å². The number of hydrogen-bond acceptors (Lipinski definition) is 3. The minimum Gasteiger partial charge on any atom is -0.333 e. The molecule has 104 valence electrons. The van der Waals surface area contributed by atoms with E-state index in [4.69, 9.17) is 0 Å². The van der Waals surface area contributed by atoms with Crippen LogP contribution in [-0.4, -0.2) is 26.4 Å². The summed E-state index contributed by atoms with van der Waals surface area (Å²) in [5.74, 6) is 1.05. The molecule has 2 aromatic rings. The predicted molar refractivity (Wildman–Crippen MR) is 76.0 cm³/mol. The van der Waals surface area contributed by atoms with Gasteiger partial charge in [0.25, 0.3) is 0 Å². The Morgan fingerprint density at radius 2 is 2.16 bits per heavy atom. The molecule has 0 aliphatic rings. The van der Waals surface area contributed by atoms with Crippen LogP contribution in [0.4, 0.5) is 0 Å². The molecule has 5 nitrogen and oxygen atoms in total. The lowest BCUT2D eigenvalue weighted by molar-refractivity contribution is 0.535. The van der Waals surface area contributed by atoms with Crippen molar-refractivity contribution in [2.24, 2.45) is 7.05 Å². The molecule has 0 amide bonds. The van der Waals surface area contributed by atoms with Gasteiger partial charge in [-0.25, -0.2) is 4.98 Å². The maximum absolute atomic E-state index is 4.52. The van der Waals surface area contributed by atoms with Crippen molar-refractivity contribution in [3.63, 3.8) is 0 Å². The van der Waals surface area contributed by atoms with E-state index in [9.17, 15) is 0 Å². The van der Waals surface area contributed by atoms with Crippen LogP contribution in [0.2, 0.25) is 0 Å². The molecular weight excluding hydrogens is 238 g/mol. The lowest BCUT2D eigenvalue weighted by atomic mass is 10.1. The SMILES string of the molecule is CCCn1ccnc1C(NC)c1cc(CC)nn1C. The second-order valence-electron chi connectivity index (χ2n) is 4.74. The highest BCUT2D eigenvalue weighted by Crippen LogP contribution is 2.21. The largest absolute Gasteiger partial charge is 0.333 e. The maximum atomic E-state index is 4.52. The van der Waals surface area contributed by atoms with E-state index in [-0.39, 0.29) is 6.04 Å². The highest BCUT2D eigenvalue weighted by atomic mass is 15.3. The average molecular weight is 261 g/mol. The quantitative estimate of drug-likeness (QED) is 0.864. The van der Waals surface area contributed by atoms with E-state index in [0.717, 1.165) is 36.6 Å². The first-order valence-electron chi connectivity index (χ1n) is 6.92. The Bertz CT molecular complexity index is 526. The Morgan fingerprint density at radius 1 is 1.37 bits per heavy atom. The van der Waals surface area contributed by atoms with Gasteiger partial charge in [0, 0.05) is 26.0 Å². The first kappa shape index (κ1) is 13.8. The fourth-order valence-electron chi connectivity index (χ4n) is 2.41. The van der Waals surface area contributed by atoms with Gasteiger partial charge in [0.05, 0.1) is 11.4 Å². The van der Waals surface area contributed by atoms with E-state index in [1.807, 2.05) is 31.2 Å². The number of nitrogens with one attached hydrogen (secondary N) is 1. The number of hydrogen-bond donors (Lipinski definition) is 1. The summed E-state index contributed by atoms with van der Waals surface area (Å²) in [7, 11) is 3.96. The zero-order valence-corrected chi connectivity index (χ0v) is 12.2. The lowest BCUT2D eigenvalue weighted by Crippen LogP contribution is -2.24. The molecule has 0 aliphatic heterocycles. The van der Waals surface area contributed by atoms with E-state index in [0.29, 0.717) is 0 Å². The van der Waals surface area contributed by atoms with Crippen LogP contribution in [0.3, 0.4) is 0 Å². The zero-order chi connectivity index (χ0) is 13.8. The minimum absolute atomic E-state index is 0.0827. The third-order valence-corrected chi connectivity index (χ3v) is 3.38. The van der Waals surface area contributed by atoms with Gasteiger partial charge in [-0.3, -0.25) is 4.68 Å². The molecule has 1 N–H and O–H groups in total. The summed E-state index contributed by atoms with van der Waals surface area (Å²) in [4.78, 5) is 4.52. The van der Waals surface area contributed by atoms with Crippen molar-refractivity contribution < 1.29 is 0 Å². The summed E-state index contributed by atoms with van der Waals surface area (Å²) in [6.07, 6.45) is 5.96. The predicted octanol–water partition coefficient (Wildman–Crippen LogP) is 1.90. The van der Waals surface area contributed by atoms with Crippen molar-refractivity contribution in [2.45, 2.75) is 39.3 Å². The Balaban J connectivity index is 2.37. The highest BCUT2D eigenvalue weighted by Gasteiger charge is 2.21. The molecule has 0 radical (unpaired) electrons. The second kappa shape index (κ2) is 6.02. The Morgan fingerprint density at radius 3 is 2.74 bits per heavy atom. The number of rotatable bonds is 6. The number of imidazole rings is 1. The standard InChI is InChI=1S/C14H23N5/c1-5-8-19-9-7-16-14(19)13(15-3)12-10-11(6-2)17-18(12)4/h7,9-10,13,15H,5-6,8H2,1-4H3. The van der Waals surface area contributed by atoms with E-state index in [2.05, 4.69) is 39.9 Å². The summed E-state index contributed by atoms with van der Waals surface area (Å²) in [6.45, 7) is 5.29. The van der Waals surface area contributed by atoms with Gasteiger partial charge in [0.1, 0.15) is 11.9 Å². The maximum Gasteiger partial charge on any atom is 0.132 e. The molecule has 0 spiro atoms. The van der Waals surface area contributed by atoms with Crippen LogP contribution in [0.25, 0.3) is 0 Å². The van der Waals surface area contributed by atoms with Crippen LogP contribution < -0.4 is 5.32 Å². The lowest BCUT2D eigenvalue weighted by Gasteiger charge is -2.17. The van der Waals surface area contributed by atoms with E-state index >= 15 is 0 Å². The zero-order valence-electron chi connectivity index (χ0n) is 12.2. The molecule has 2 rings (SSSR count). The van der Waals surface area contributed by atoms with Crippen molar-refractivity contribution in [1.82, 2.24) is 24.6 Å². The van der Waals surface area contributed by atoms with Crippen molar-refractivity contribution in [2.75, 3.05) is 7.05 Å². The number of aryl methyl sites for hydroxylation is 3. The van der Waals surface area contributed by atoms with Crippen molar-refractivity contribution in [3.05, 3.63) is 35.7 Å². The van der Waals surface area contributed by atoms with Crippen molar-refractivity contribution in [3.8, 4) is 0 Å². The van der Waals surface area contributed by atoms with Crippen LogP contribution in [0.5, 0.6) is 0 Å². The van der Waals surface area contributed by atoms with Crippen LogP contribution in [-0.2, 0) is 20.0 Å². The van der Waals surface area contributed by atoms with Crippen LogP contribution >= 0.6 is 0 Å². The Kier molecular flexibility index (Phi) is 4.37. The molecule has 19 heavy (non-hydrogen) atoms. The Hall–Kier alpha value is -1.62. The monoisotopic (exact) mass is 261 g/mol. The third-order valence-electron chi connectivity index (χ3n) is 3.38. The Labute approximate surface area is 114 Å². The molecule has 0 aromatic carbocycles. The number of aromatic nitrogens is 4. The summed E-state index contributed by atoms with van der Waals surface area (Å²) < 4.78 is 4.16. The summed E-state index contributed by atoms with van der Waals surface area (Å²) in [5.41, 5.74) is 2.27. The molecule has 1 atom stereocenters. The van der Waals surface area contributed by atoms with Crippen molar-refractivity contribution in [1.29, 1.82) is 0 Å². The van der Waals surface area contributed by atoms with Gasteiger partial charge in [-0.1, -0.05) is 13.8 Å². The molecule has 0 aliphatic carbocycles. The van der Waals surface area contributed by atoms with Gasteiger partial charge in [-0.05, 0) is 26.0 Å². The van der Waals surface area contributed by atoms with Gasteiger partial charge in [0.2, 0.25) is 0 Å². The highest BCUT2D eigenvalue weighted by molar-refractivity contribution is 5.21. The number of nitrogens with zero attached hydrogens (tertiary/aromatic N) is 4. The van der Waals surface area contributed by atoms with Gasteiger partial charge in [0.15, 0.2) is 0 Å². The smallest absolute Gasteiger partial charge is 0.132 e. The van der Waals surface area contributed by atoms with Crippen LogP contribution in [0.15, 0.2) is 18.5 Å². The molecule has 5 heteroatoms. The van der Waals surface area contributed by atoms with E-state index < -0.39 is 0 Å².